The standard InChI is InChI=1S/C26H34N6O4/c1-25(2,3)26(4)16-30(11-12-36-26)10-9-18-15-32(29-28-18)19-6-5-17-14-31(24(35)20(17)13-19)21-7-8-22(33)27-23(21)34/h5-6,13,15,21H,7-12,14,16H2,1-4H3,(H,27,33,34). The molecule has 3 aliphatic rings. The molecule has 2 unspecified atom stereocenters. The molecule has 1 aromatic heterocycles. The highest BCUT2D eigenvalue weighted by atomic mass is 16.5. The second-order valence-electron chi connectivity index (χ2n) is 11.3. The molecular formula is C26H34N6O4. The molecule has 10 heteroatoms. The largest absolute Gasteiger partial charge is 0.372 e. The Morgan fingerprint density at radius 3 is 2.78 bits per heavy atom. The van der Waals surface area contributed by atoms with Crippen molar-refractivity contribution in [3.63, 3.8) is 0 Å². The highest BCUT2D eigenvalue weighted by Crippen LogP contribution is 2.36. The number of aromatic nitrogens is 3. The number of piperidine rings is 1. The molecule has 1 aromatic carbocycles. The number of nitrogens with zero attached hydrogens (tertiary/aromatic N) is 5. The van der Waals surface area contributed by atoms with Crippen molar-refractivity contribution in [2.45, 2.75) is 65.1 Å². The first-order valence-electron chi connectivity index (χ1n) is 12.6. The minimum Gasteiger partial charge on any atom is -0.372 e. The monoisotopic (exact) mass is 494 g/mol. The second-order valence-corrected chi connectivity index (χ2v) is 11.3. The van der Waals surface area contributed by atoms with Crippen molar-refractivity contribution in [1.82, 2.24) is 30.1 Å². The first-order valence-corrected chi connectivity index (χ1v) is 12.6. The Bertz CT molecular complexity index is 1200. The van der Waals surface area contributed by atoms with Crippen LogP contribution in [0, 0.1) is 5.41 Å². The molecule has 0 radical (unpaired) electrons. The predicted octanol–water partition coefficient (Wildman–Crippen LogP) is 1.71. The number of carbonyl (C=O) groups is 3. The van der Waals surface area contributed by atoms with Crippen molar-refractivity contribution in [2.24, 2.45) is 5.41 Å². The van der Waals surface area contributed by atoms with Crippen LogP contribution in [-0.4, -0.2) is 80.4 Å². The molecule has 1 N–H and O–H groups in total. The zero-order valence-electron chi connectivity index (χ0n) is 21.4. The molecule has 3 aliphatic heterocycles. The average molecular weight is 495 g/mol. The van der Waals surface area contributed by atoms with Gasteiger partial charge in [0, 0.05) is 44.6 Å². The number of benzene rings is 1. The van der Waals surface area contributed by atoms with Crippen LogP contribution in [-0.2, 0) is 27.3 Å². The molecule has 2 aromatic rings. The lowest BCUT2D eigenvalue weighted by Crippen LogP contribution is -2.56. The number of rotatable bonds is 5. The number of hydrogen-bond acceptors (Lipinski definition) is 7. The van der Waals surface area contributed by atoms with Gasteiger partial charge in [0.1, 0.15) is 6.04 Å². The number of fused-ring (bicyclic) bond motifs is 1. The normalized spacial score (nSPS) is 25.3. The van der Waals surface area contributed by atoms with Gasteiger partial charge < -0.3 is 9.64 Å². The van der Waals surface area contributed by atoms with Crippen molar-refractivity contribution in [2.75, 3.05) is 26.2 Å². The molecule has 0 spiro atoms. The summed E-state index contributed by atoms with van der Waals surface area (Å²) in [6, 6.07) is 5.00. The number of nitrogens with one attached hydrogen (secondary N) is 1. The maximum atomic E-state index is 13.1. The maximum Gasteiger partial charge on any atom is 0.255 e. The van der Waals surface area contributed by atoms with Gasteiger partial charge in [-0.25, -0.2) is 4.68 Å². The summed E-state index contributed by atoms with van der Waals surface area (Å²) in [5.41, 5.74) is 2.91. The Hall–Kier alpha value is -3.11. The molecule has 0 saturated carbocycles. The van der Waals surface area contributed by atoms with Crippen molar-refractivity contribution >= 4 is 17.7 Å². The fourth-order valence-electron chi connectivity index (χ4n) is 5.09. The van der Waals surface area contributed by atoms with Gasteiger partial charge in [0.25, 0.3) is 5.91 Å². The van der Waals surface area contributed by atoms with Crippen LogP contribution in [0.25, 0.3) is 5.69 Å². The number of amides is 3. The van der Waals surface area contributed by atoms with E-state index in [0.717, 1.165) is 49.6 Å². The predicted molar refractivity (Wildman–Crippen MR) is 131 cm³/mol. The molecule has 10 nitrogen and oxygen atoms in total. The van der Waals surface area contributed by atoms with Crippen LogP contribution in [0.3, 0.4) is 0 Å². The maximum absolute atomic E-state index is 13.1. The van der Waals surface area contributed by atoms with Gasteiger partial charge in [-0.05, 0) is 36.5 Å². The van der Waals surface area contributed by atoms with Gasteiger partial charge in [0.05, 0.1) is 29.8 Å². The summed E-state index contributed by atoms with van der Waals surface area (Å²) in [6.07, 6.45) is 3.26. The zero-order chi connectivity index (χ0) is 25.7. The third kappa shape index (κ3) is 4.55. The third-order valence-corrected chi connectivity index (χ3v) is 7.94. The first-order chi connectivity index (χ1) is 17.0. The summed E-state index contributed by atoms with van der Waals surface area (Å²) < 4.78 is 7.82. The average Bonchev–Trinajstić information content (AvgIpc) is 3.42. The number of ether oxygens (including phenoxy) is 1. The van der Waals surface area contributed by atoms with Crippen molar-refractivity contribution in [3.05, 3.63) is 41.2 Å². The zero-order valence-corrected chi connectivity index (χ0v) is 21.4. The SMILES string of the molecule is CC(C)(C)C1(C)CN(CCc2cn(-c3ccc4c(c3)C(=O)N(C3CCC(=O)NC3=O)C4)nn2)CCO1. The van der Waals surface area contributed by atoms with Crippen molar-refractivity contribution in [1.29, 1.82) is 0 Å². The van der Waals surface area contributed by atoms with E-state index in [1.54, 1.807) is 15.6 Å². The van der Waals surface area contributed by atoms with E-state index in [2.05, 4.69) is 48.2 Å². The lowest BCUT2D eigenvalue weighted by atomic mass is 9.76. The Kier molecular flexibility index (Phi) is 6.20. The van der Waals surface area contributed by atoms with E-state index in [9.17, 15) is 14.4 Å². The lowest BCUT2D eigenvalue weighted by molar-refractivity contribution is -0.153. The Morgan fingerprint density at radius 2 is 2.03 bits per heavy atom. The summed E-state index contributed by atoms with van der Waals surface area (Å²) in [7, 11) is 0. The molecule has 192 valence electrons. The molecule has 0 bridgehead atoms. The number of hydrogen-bond donors (Lipinski definition) is 1. The summed E-state index contributed by atoms with van der Waals surface area (Å²) >= 11 is 0. The first kappa shape index (κ1) is 24.6. The molecule has 2 saturated heterocycles. The summed E-state index contributed by atoms with van der Waals surface area (Å²) in [6.45, 7) is 12.6. The van der Waals surface area contributed by atoms with Gasteiger partial charge in [0.2, 0.25) is 11.8 Å². The number of imide groups is 1. The minimum atomic E-state index is -0.621. The van der Waals surface area contributed by atoms with E-state index in [0.29, 0.717) is 18.5 Å². The fourth-order valence-corrected chi connectivity index (χ4v) is 5.09. The summed E-state index contributed by atoms with van der Waals surface area (Å²) in [5.74, 6) is -0.894. The highest BCUT2D eigenvalue weighted by Gasteiger charge is 2.42. The number of morpholine rings is 1. The van der Waals surface area contributed by atoms with Crippen LogP contribution in [0.2, 0.25) is 0 Å². The molecule has 0 aliphatic carbocycles. The van der Waals surface area contributed by atoms with Crippen LogP contribution in [0.1, 0.15) is 62.2 Å². The minimum absolute atomic E-state index is 0.0492. The summed E-state index contributed by atoms with van der Waals surface area (Å²) in [5, 5.41) is 11.0. The molecule has 5 rings (SSSR count). The van der Waals surface area contributed by atoms with Gasteiger partial charge in [-0.3, -0.25) is 24.6 Å². The van der Waals surface area contributed by atoms with Crippen molar-refractivity contribution < 1.29 is 19.1 Å². The Balaban J connectivity index is 1.24. The molecule has 36 heavy (non-hydrogen) atoms. The Labute approximate surface area is 211 Å². The van der Waals surface area contributed by atoms with Crippen molar-refractivity contribution in [3.8, 4) is 5.69 Å². The van der Waals surface area contributed by atoms with Gasteiger partial charge in [-0.1, -0.05) is 32.1 Å². The molecule has 2 fully saturated rings. The molecule has 3 amide bonds. The van der Waals surface area contributed by atoms with Crippen LogP contribution < -0.4 is 5.32 Å². The van der Waals surface area contributed by atoms with Crippen LogP contribution in [0.4, 0.5) is 0 Å². The van der Waals surface area contributed by atoms with Gasteiger partial charge in [-0.2, -0.15) is 0 Å². The van der Waals surface area contributed by atoms with E-state index in [4.69, 9.17) is 4.74 Å². The van der Waals surface area contributed by atoms with E-state index in [1.807, 2.05) is 18.3 Å². The third-order valence-electron chi connectivity index (χ3n) is 7.94. The van der Waals surface area contributed by atoms with Gasteiger partial charge in [-0.15, -0.1) is 5.10 Å². The van der Waals surface area contributed by atoms with Crippen LogP contribution in [0.15, 0.2) is 24.4 Å². The van der Waals surface area contributed by atoms with E-state index < -0.39 is 11.9 Å². The van der Waals surface area contributed by atoms with E-state index in [1.165, 1.54) is 0 Å². The fraction of sp³-hybridized carbons (Fsp3) is 0.577. The molecule has 2 atom stereocenters. The second kappa shape index (κ2) is 9.08. The Morgan fingerprint density at radius 1 is 1.22 bits per heavy atom. The highest BCUT2D eigenvalue weighted by molar-refractivity contribution is 6.05. The van der Waals surface area contributed by atoms with Crippen LogP contribution >= 0.6 is 0 Å². The summed E-state index contributed by atoms with van der Waals surface area (Å²) in [4.78, 5) is 40.9. The van der Waals surface area contributed by atoms with E-state index >= 15 is 0 Å². The van der Waals surface area contributed by atoms with E-state index in [-0.39, 0.29) is 29.3 Å². The topological polar surface area (TPSA) is 110 Å². The van der Waals surface area contributed by atoms with Crippen LogP contribution in [0.5, 0.6) is 0 Å². The van der Waals surface area contributed by atoms with Gasteiger partial charge in [0.15, 0.2) is 0 Å². The smallest absolute Gasteiger partial charge is 0.255 e. The number of carbonyl (C=O) groups excluding carboxylic acids is 3. The quantitative estimate of drug-likeness (QED) is 0.630. The molecule has 4 heterocycles. The lowest BCUT2D eigenvalue weighted by Gasteiger charge is -2.48. The molecular weight excluding hydrogens is 460 g/mol. The van der Waals surface area contributed by atoms with Gasteiger partial charge >= 0.3 is 0 Å².